The van der Waals surface area contributed by atoms with Crippen LogP contribution in [0.15, 0.2) is 6.07 Å². The van der Waals surface area contributed by atoms with Crippen molar-refractivity contribution in [2.75, 3.05) is 6.61 Å². The molecule has 1 aromatic heterocycles. The molecular weight excluding hydrogens is 250 g/mol. The average molecular weight is 261 g/mol. The highest BCUT2D eigenvalue weighted by Crippen LogP contribution is 2.35. The minimum absolute atomic E-state index is 0.0990. The minimum atomic E-state index is -1.49. The Hall–Kier alpha value is -1.35. The number of aldehydes is 1. The van der Waals surface area contributed by atoms with Gasteiger partial charge in [0.05, 0.1) is 21.5 Å². The Labute approximate surface area is 100 Å². The maximum absolute atomic E-state index is 10.7. The standard InChI is InChI=1S/C9H11NO6S/c11-2-1-7(13)8(14)6-3-5(4-12)17-9(6)10(15)16/h3-4,7-8,11,13-14H,1-2H2. The number of carbonyl (C=O) groups excluding carboxylic acids is 1. The number of hydrogen-bond donors (Lipinski definition) is 3. The SMILES string of the molecule is O=Cc1cc(C(O)C(O)CCO)c([N+](=O)[O-])s1. The summed E-state index contributed by atoms with van der Waals surface area (Å²) in [6, 6.07) is 1.17. The Morgan fingerprint density at radius 2 is 2.18 bits per heavy atom. The van der Waals surface area contributed by atoms with Crippen molar-refractivity contribution in [3.8, 4) is 0 Å². The summed E-state index contributed by atoms with van der Waals surface area (Å²) in [5, 5.41) is 38.0. The van der Waals surface area contributed by atoms with Crippen LogP contribution in [0.25, 0.3) is 0 Å². The Bertz CT molecular complexity index is 418. The second-order valence-electron chi connectivity index (χ2n) is 3.31. The van der Waals surface area contributed by atoms with Crippen LogP contribution >= 0.6 is 11.3 Å². The van der Waals surface area contributed by atoms with Gasteiger partial charge in [0.15, 0.2) is 6.29 Å². The minimum Gasteiger partial charge on any atom is -0.396 e. The fourth-order valence-corrected chi connectivity index (χ4v) is 2.15. The van der Waals surface area contributed by atoms with Gasteiger partial charge in [-0.05, 0) is 12.5 Å². The largest absolute Gasteiger partial charge is 0.396 e. The van der Waals surface area contributed by atoms with Gasteiger partial charge in [0.25, 0.3) is 0 Å². The van der Waals surface area contributed by atoms with Crippen molar-refractivity contribution in [3.63, 3.8) is 0 Å². The highest BCUT2D eigenvalue weighted by molar-refractivity contribution is 7.17. The Kier molecular flexibility index (Phi) is 4.70. The maximum atomic E-state index is 10.7. The van der Waals surface area contributed by atoms with Gasteiger partial charge in [-0.25, -0.2) is 0 Å². The Morgan fingerprint density at radius 3 is 2.65 bits per heavy atom. The van der Waals surface area contributed by atoms with Crippen LogP contribution in [0.5, 0.6) is 0 Å². The predicted octanol–water partition coefficient (Wildman–Crippen LogP) is 0.245. The monoisotopic (exact) mass is 261 g/mol. The summed E-state index contributed by atoms with van der Waals surface area (Å²) in [6.07, 6.45) is -2.48. The molecule has 7 nitrogen and oxygen atoms in total. The average Bonchev–Trinajstić information content (AvgIpc) is 2.72. The van der Waals surface area contributed by atoms with Gasteiger partial charge in [0, 0.05) is 6.61 Å². The lowest BCUT2D eigenvalue weighted by atomic mass is 10.0. The zero-order chi connectivity index (χ0) is 13.0. The van der Waals surface area contributed by atoms with E-state index >= 15 is 0 Å². The van der Waals surface area contributed by atoms with Crippen molar-refractivity contribution in [2.45, 2.75) is 18.6 Å². The summed E-state index contributed by atoms with van der Waals surface area (Å²) in [5.74, 6) is 0. The molecule has 94 valence electrons. The number of carbonyl (C=O) groups is 1. The second kappa shape index (κ2) is 5.82. The van der Waals surface area contributed by atoms with Crippen LogP contribution in [-0.2, 0) is 0 Å². The van der Waals surface area contributed by atoms with Gasteiger partial charge >= 0.3 is 5.00 Å². The molecule has 0 spiro atoms. The first-order valence-corrected chi connectivity index (χ1v) is 5.53. The van der Waals surface area contributed by atoms with Crippen LogP contribution in [-0.4, -0.2) is 39.2 Å². The number of aliphatic hydroxyl groups excluding tert-OH is 3. The third-order valence-corrected chi connectivity index (χ3v) is 3.18. The zero-order valence-electron chi connectivity index (χ0n) is 8.65. The first-order valence-electron chi connectivity index (χ1n) is 4.71. The van der Waals surface area contributed by atoms with E-state index in [2.05, 4.69) is 0 Å². The number of nitrogens with zero attached hydrogens (tertiary/aromatic N) is 1. The van der Waals surface area contributed by atoms with Crippen molar-refractivity contribution in [2.24, 2.45) is 0 Å². The number of hydrogen-bond acceptors (Lipinski definition) is 7. The van der Waals surface area contributed by atoms with E-state index in [1.807, 2.05) is 0 Å². The number of rotatable bonds is 6. The maximum Gasteiger partial charge on any atom is 0.330 e. The molecule has 0 aliphatic heterocycles. The Morgan fingerprint density at radius 1 is 1.53 bits per heavy atom. The van der Waals surface area contributed by atoms with Crippen molar-refractivity contribution >= 4 is 22.6 Å². The van der Waals surface area contributed by atoms with E-state index in [9.17, 15) is 25.1 Å². The van der Waals surface area contributed by atoms with Gasteiger partial charge in [-0.15, -0.1) is 0 Å². The van der Waals surface area contributed by atoms with E-state index in [4.69, 9.17) is 5.11 Å². The van der Waals surface area contributed by atoms with Gasteiger partial charge in [0.2, 0.25) is 0 Å². The second-order valence-corrected chi connectivity index (χ2v) is 4.37. The topological polar surface area (TPSA) is 121 Å². The van der Waals surface area contributed by atoms with Crippen LogP contribution < -0.4 is 0 Å². The number of aliphatic hydroxyl groups is 3. The molecule has 0 fully saturated rings. The normalized spacial score (nSPS) is 14.3. The van der Waals surface area contributed by atoms with E-state index in [1.54, 1.807) is 0 Å². The quantitative estimate of drug-likeness (QED) is 0.383. The molecule has 1 aromatic rings. The summed E-state index contributed by atoms with van der Waals surface area (Å²) in [7, 11) is 0. The molecule has 0 saturated heterocycles. The molecule has 0 saturated carbocycles. The van der Waals surface area contributed by atoms with Gasteiger partial charge in [-0.3, -0.25) is 14.9 Å². The fourth-order valence-electron chi connectivity index (χ4n) is 1.33. The molecule has 0 aromatic carbocycles. The molecular formula is C9H11NO6S. The van der Waals surface area contributed by atoms with Crippen molar-refractivity contribution < 1.29 is 25.0 Å². The summed E-state index contributed by atoms with van der Waals surface area (Å²) in [5.41, 5.74) is -0.108. The number of thiophene rings is 1. The van der Waals surface area contributed by atoms with Crippen molar-refractivity contribution in [1.82, 2.24) is 0 Å². The summed E-state index contributed by atoms with van der Waals surface area (Å²) >= 11 is 0.631. The molecule has 0 amide bonds. The van der Waals surface area contributed by atoms with Gasteiger partial charge in [-0.2, -0.15) is 0 Å². The van der Waals surface area contributed by atoms with Crippen molar-refractivity contribution in [3.05, 3.63) is 26.6 Å². The lowest BCUT2D eigenvalue weighted by molar-refractivity contribution is -0.381. The van der Waals surface area contributed by atoms with Crippen molar-refractivity contribution in [1.29, 1.82) is 0 Å². The van der Waals surface area contributed by atoms with Crippen LogP contribution in [0.3, 0.4) is 0 Å². The van der Waals surface area contributed by atoms with E-state index in [0.29, 0.717) is 17.6 Å². The third kappa shape index (κ3) is 3.07. The molecule has 2 atom stereocenters. The molecule has 17 heavy (non-hydrogen) atoms. The van der Waals surface area contributed by atoms with E-state index in [0.717, 1.165) is 0 Å². The smallest absolute Gasteiger partial charge is 0.330 e. The molecule has 8 heteroatoms. The van der Waals surface area contributed by atoms with Gasteiger partial charge in [0.1, 0.15) is 6.10 Å². The lowest BCUT2D eigenvalue weighted by Gasteiger charge is -2.14. The molecule has 3 N–H and O–H groups in total. The van der Waals surface area contributed by atoms with Gasteiger partial charge < -0.3 is 15.3 Å². The van der Waals surface area contributed by atoms with Crippen LogP contribution in [0.4, 0.5) is 5.00 Å². The number of nitro groups is 1. The first-order chi connectivity index (χ1) is 8.01. The van der Waals surface area contributed by atoms with E-state index < -0.39 is 17.1 Å². The first kappa shape index (κ1) is 13.7. The van der Waals surface area contributed by atoms with E-state index in [1.165, 1.54) is 6.07 Å². The third-order valence-electron chi connectivity index (χ3n) is 2.15. The predicted molar refractivity (Wildman–Crippen MR) is 59.0 cm³/mol. The molecule has 1 heterocycles. The summed E-state index contributed by atoms with van der Waals surface area (Å²) in [4.78, 5) is 20.6. The van der Waals surface area contributed by atoms with Gasteiger partial charge in [-0.1, -0.05) is 11.3 Å². The van der Waals surface area contributed by atoms with Crippen LogP contribution in [0.1, 0.15) is 27.8 Å². The molecule has 1 rings (SSSR count). The molecule has 0 bridgehead atoms. The zero-order valence-corrected chi connectivity index (χ0v) is 9.46. The van der Waals surface area contributed by atoms with Crippen LogP contribution in [0.2, 0.25) is 0 Å². The molecule has 0 aliphatic carbocycles. The highest BCUT2D eigenvalue weighted by Gasteiger charge is 2.29. The van der Waals surface area contributed by atoms with E-state index in [-0.39, 0.29) is 28.5 Å². The molecule has 0 radical (unpaired) electrons. The summed E-state index contributed by atoms with van der Waals surface area (Å²) < 4.78 is 0. The molecule has 0 aliphatic rings. The fraction of sp³-hybridized carbons (Fsp3) is 0.444. The van der Waals surface area contributed by atoms with Crippen LogP contribution in [0, 0.1) is 10.1 Å². The Balaban J connectivity index is 3.06. The lowest BCUT2D eigenvalue weighted by Crippen LogP contribution is -2.19. The summed E-state index contributed by atoms with van der Waals surface area (Å²) in [6.45, 7) is -0.350. The molecule has 2 unspecified atom stereocenters. The highest BCUT2D eigenvalue weighted by atomic mass is 32.1.